The van der Waals surface area contributed by atoms with E-state index in [0.717, 1.165) is 16.7 Å². The summed E-state index contributed by atoms with van der Waals surface area (Å²) in [5.74, 6) is -3.82. The van der Waals surface area contributed by atoms with Crippen LogP contribution in [0.15, 0.2) is 121 Å². The van der Waals surface area contributed by atoms with Crippen LogP contribution in [-0.2, 0) is 48.0 Å². The van der Waals surface area contributed by atoms with Crippen molar-refractivity contribution in [2.24, 2.45) is 5.73 Å². The summed E-state index contributed by atoms with van der Waals surface area (Å²) in [5, 5.41) is 25.6. The number of carbonyl (C=O) groups excluding carboxylic acids is 5. The highest BCUT2D eigenvalue weighted by Crippen LogP contribution is 2.28. The third-order valence-corrected chi connectivity index (χ3v) is 10.7. The van der Waals surface area contributed by atoms with Crippen LogP contribution in [0.3, 0.4) is 0 Å². The molecule has 1 heterocycles. The smallest absolute Gasteiger partial charge is 0.326 e. The zero-order valence-corrected chi connectivity index (χ0v) is 32.8. The molecule has 0 saturated heterocycles. The van der Waals surface area contributed by atoms with Crippen LogP contribution in [0.5, 0.6) is 0 Å². The topological polar surface area (TPSA) is 209 Å². The van der Waals surface area contributed by atoms with Gasteiger partial charge in [0.1, 0.15) is 24.2 Å². The number of nitrogens with one attached hydrogen (secondary N) is 5. The molecule has 6 atom stereocenters. The van der Waals surface area contributed by atoms with E-state index in [4.69, 9.17) is 5.73 Å². The summed E-state index contributed by atoms with van der Waals surface area (Å²) in [7, 11) is 0. The molecule has 58 heavy (non-hydrogen) atoms. The number of carbonyl (C=O) groups is 6. The van der Waals surface area contributed by atoms with Gasteiger partial charge in [-0.1, -0.05) is 103 Å². The van der Waals surface area contributed by atoms with Crippen LogP contribution in [-0.4, -0.2) is 76.6 Å². The molecule has 8 N–H and O–H groups in total. The van der Waals surface area contributed by atoms with Crippen LogP contribution in [0.25, 0.3) is 11.1 Å². The Morgan fingerprint density at radius 3 is 1.64 bits per heavy atom. The minimum Gasteiger partial charge on any atom is -0.480 e. The lowest BCUT2D eigenvalue weighted by Crippen LogP contribution is -2.59. The van der Waals surface area contributed by atoms with Gasteiger partial charge in [-0.3, -0.25) is 24.0 Å². The molecule has 5 amide bonds. The zero-order chi connectivity index (χ0) is 41.4. The third kappa shape index (κ3) is 12.9. The van der Waals surface area contributed by atoms with Crippen molar-refractivity contribution < 1.29 is 33.9 Å². The van der Waals surface area contributed by atoms with Gasteiger partial charge in [0.25, 0.3) is 0 Å². The number of carboxylic acids is 1. The minimum absolute atomic E-state index is 0.0161. The Balaban J connectivity index is 1.41. The Labute approximate surface area is 341 Å². The molecule has 5 rings (SSSR count). The van der Waals surface area contributed by atoms with Gasteiger partial charge in [0, 0.05) is 30.2 Å². The van der Waals surface area contributed by atoms with Gasteiger partial charge >= 0.3 is 5.97 Å². The lowest BCUT2D eigenvalue weighted by molar-refractivity contribution is -0.142. The van der Waals surface area contributed by atoms with Crippen molar-refractivity contribution in [3.8, 4) is 11.1 Å². The quantitative estimate of drug-likeness (QED) is 0.0649. The molecule has 0 aliphatic carbocycles. The Hall–Kier alpha value is -6.25. The van der Waals surface area contributed by atoms with Gasteiger partial charge in [0.05, 0.1) is 6.04 Å². The minimum atomic E-state index is -1.36. The van der Waals surface area contributed by atoms with Crippen molar-refractivity contribution in [3.05, 3.63) is 137 Å². The molecule has 0 fully saturated rings. The fourth-order valence-corrected chi connectivity index (χ4v) is 7.37. The second kappa shape index (κ2) is 21.3. The van der Waals surface area contributed by atoms with Gasteiger partial charge in [-0.15, -0.1) is 11.8 Å². The van der Waals surface area contributed by atoms with E-state index in [2.05, 4.69) is 26.6 Å². The average molecular weight is 805 g/mol. The SMILES string of the molecule is CC(N)C(=O)N[C@H](CC1CC=CS1)C(=O)N[C@@H](Cc1ccc(-c2ccccc2)cc1)C(=O)N[C@H](Cc1ccccc1)C(=O)N[C@@H](Cc1ccc(NC=O)cc1)C(=O)O. The second-order valence-corrected chi connectivity index (χ2v) is 15.3. The fraction of sp³-hybridized carbons (Fsp3) is 0.273. The highest BCUT2D eigenvalue weighted by Gasteiger charge is 2.33. The Morgan fingerprint density at radius 1 is 0.655 bits per heavy atom. The van der Waals surface area contributed by atoms with E-state index in [9.17, 15) is 33.9 Å². The number of nitrogens with two attached hydrogens (primary N) is 1. The number of carboxylic acid groups (broad SMARTS) is 1. The monoisotopic (exact) mass is 804 g/mol. The average Bonchev–Trinajstić information content (AvgIpc) is 3.74. The maximum absolute atomic E-state index is 14.4. The summed E-state index contributed by atoms with van der Waals surface area (Å²) in [4.78, 5) is 78.4. The van der Waals surface area contributed by atoms with Crippen molar-refractivity contribution >= 4 is 53.5 Å². The molecule has 1 aliphatic rings. The van der Waals surface area contributed by atoms with Gasteiger partial charge < -0.3 is 37.4 Å². The van der Waals surface area contributed by atoms with Crippen LogP contribution >= 0.6 is 11.8 Å². The van der Waals surface area contributed by atoms with Crippen LogP contribution in [0, 0.1) is 0 Å². The molecule has 4 aromatic carbocycles. The molecular formula is C44H48N6O7S. The van der Waals surface area contributed by atoms with Gasteiger partial charge in [-0.25, -0.2) is 4.79 Å². The van der Waals surface area contributed by atoms with Crippen molar-refractivity contribution in [1.82, 2.24) is 21.3 Å². The summed E-state index contributed by atoms with van der Waals surface area (Å²) in [6, 6.07) is 27.1. The van der Waals surface area contributed by atoms with Crippen molar-refractivity contribution in [2.75, 3.05) is 5.32 Å². The number of aliphatic carboxylic acids is 1. The predicted molar refractivity (Wildman–Crippen MR) is 224 cm³/mol. The van der Waals surface area contributed by atoms with E-state index in [1.54, 1.807) is 60.3 Å². The molecule has 14 heteroatoms. The summed E-state index contributed by atoms with van der Waals surface area (Å²) in [6.07, 6.45) is 3.48. The molecule has 0 saturated carbocycles. The number of benzene rings is 4. The van der Waals surface area contributed by atoms with E-state index < -0.39 is 59.8 Å². The first-order chi connectivity index (χ1) is 28.0. The Morgan fingerprint density at radius 2 is 1.12 bits per heavy atom. The van der Waals surface area contributed by atoms with Crippen LogP contribution in [0.1, 0.15) is 36.5 Å². The normalized spacial score (nSPS) is 15.8. The third-order valence-electron chi connectivity index (χ3n) is 9.59. The number of amides is 5. The number of anilines is 1. The fourth-order valence-electron chi connectivity index (χ4n) is 6.40. The second-order valence-electron chi connectivity index (χ2n) is 14.1. The van der Waals surface area contributed by atoms with E-state index in [1.807, 2.05) is 72.1 Å². The van der Waals surface area contributed by atoms with Gasteiger partial charge in [0.15, 0.2) is 0 Å². The first-order valence-electron chi connectivity index (χ1n) is 19.0. The molecule has 0 radical (unpaired) electrons. The molecule has 0 bridgehead atoms. The van der Waals surface area contributed by atoms with Crippen molar-refractivity contribution in [1.29, 1.82) is 0 Å². The Kier molecular flexibility index (Phi) is 15.8. The van der Waals surface area contributed by atoms with Crippen LogP contribution in [0.2, 0.25) is 0 Å². The van der Waals surface area contributed by atoms with Crippen molar-refractivity contribution in [2.45, 2.75) is 74.5 Å². The summed E-state index contributed by atoms with van der Waals surface area (Å²) in [5.41, 5.74) is 10.3. The number of hydrogen-bond acceptors (Lipinski definition) is 8. The number of thioether (sulfide) groups is 1. The van der Waals surface area contributed by atoms with Gasteiger partial charge in [-0.2, -0.15) is 0 Å². The predicted octanol–water partition coefficient (Wildman–Crippen LogP) is 3.73. The number of hydrogen-bond donors (Lipinski definition) is 7. The number of rotatable bonds is 20. The molecule has 302 valence electrons. The van der Waals surface area contributed by atoms with Gasteiger partial charge in [-0.05, 0) is 65.1 Å². The number of allylic oxidation sites excluding steroid dienone is 1. The standard InChI is InChI=1S/C44H48N6O7S/c1-28(45)40(52)47-38(26-35-13-8-22-58-35)43(55)49-37(24-30-14-18-33(19-15-30)32-11-6-3-7-12-32)41(53)48-36(23-29-9-4-2-5-10-29)42(54)50-39(44(56)57)25-31-16-20-34(21-17-31)46-27-51/h2-12,14-22,27-28,35-39H,13,23-26,45H2,1H3,(H,46,51)(H,47,52)(H,48,53)(H,49,55)(H,50,54)(H,56,57)/t28?,35?,36-,37+,38-,39+/m1/s1. The van der Waals surface area contributed by atoms with E-state index in [1.165, 1.54) is 6.92 Å². The molecule has 4 aromatic rings. The zero-order valence-electron chi connectivity index (χ0n) is 32.0. The largest absolute Gasteiger partial charge is 0.480 e. The lowest BCUT2D eigenvalue weighted by Gasteiger charge is -2.27. The molecule has 2 unspecified atom stereocenters. The molecule has 0 spiro atoms. The van der Waals surface area contributed by atoms with E-state index in [0.29, 0.717) is 29.6 Å². The summed E-state index contributed by atoms with van der Waals surface area (Å²) in [6.45, 7) is 1.52. The maximum Gasteiger partial charge on any atom is 0.326 e. The lowest BCUT2D eigenvalue weighted by atomic mass is 9.98. The maximum atomic E-state index is 14.4. The van der Waals surface area contributed by atoms with E-state index >= 15 is 0 Å². The molecule has 1 aliphatic heterocycles. The molecule has 13 nitrogen and oxygen atoms in total. The molecular weight excluding hydrogens is 757 g/mol. The first-order valence-corrected chi connectivity index (χ1v) is 19.9. The van der Waals surface area contributed by atoms with Crippen molar-refractivity contribution in [3.63, 3.8) is 0 Å². The highest BCUT2D eigenvalue weighted by molar-refractivity contribution is 8.03. The Bertz CT molecular complexity index is 2040. The van der Waals surface area contributed by atoms with Crippen LogP contribution < -0.4 is 32.3 Å². The van der Waals surface area contributed by atoms with Gasteiger partial charge in [0.2, 0.25) is 30.0 Å². The first kappa shape index (κ1) is 42.9. The van der Waals surface area contributed by atoms with E-state index in [-0.39, 0.29) is 30.9 Å². The molecule has 0 aromatic heterocycles. The summed E-state index contributed by atoms with van der Waals surface area (Å²) >= 11 is 1.55. The van der Waals surface area contributed by atoms with Crippen LogP contribution in [0.4, 0.5) is 5.69 Å². The highest BCUT2D eigenvalue weighted by atomic mass is 32.2. The summed E-state index contributed by atoms with van der Waals surface area (Å²) < 4.78 is 0.